The van der Waals surface area contributed by atoms with Crippen molar-refractivity contribution in [1.82, 2.24) is 20.2 Å². The van der Waals surface area contributed by atoms with Gasteiger partial charge in [-0.25, -0.2) is 10.8 Å². The van der Waals surface area contributed by atoms with E-state index in [4.69, 9.17) is 5.84 Å². The zero-order chi connectivity index (χ0) is 14.1. The van der Waals surface area contributed by atoms with Crippen molar-refractivity contribution < 1.29 is 4.79 Å². The number of amides is 1. The largest absolute Gasteiger partial charge is 0.290 e. The lowest BCUT2D eigenvalue weighted by atomic mass is 10.1. The Labute approximate surface area is 115 Å². The molecular weight excluding hydrogens is 254 g/mol. The number of fused-ring (bicyclic) bond motifs is 1. The van der Waals surface area contributed by atoms with Gasteiger partial charge in [0.2, 0.25) is 0 Å². The molecule has 0 saturated carbocycles. The summed E-state index contributed by atoms with van der Waals surface area (Å²) in [6.45, 7) is 0. The highest BCUT2D eigenvalue weighted by Crippen LogP contribution is 2.24. The molecule has 0 aliphatic heterocycles. The maximum absolute atomic E-state index is 11.9. The molecule has 100 valence electrons. The van der Waals surface area contributed by atoms with E-state index in [1.165, 1.54) is 0 Å². The normalized spacial score (nSPS) is 10.7. The highest BCUT2D eigenvalue weighted by atomic mass is 16.2. The Kier molecular flexibility index (Phi) is 2.92. The molecule has 0 aliphatic carbocycles. The smallest absolute Gasteiger partial charge is 0.265 e. The Bertz CT molecular complexity index is 793. The number of nitrogen functional groups attached to an aromatic ring is 1. The number of carbonyl (C=O) groups is 1. The molecule has 0 aliphatic rings. The van der Waals surface area contributed by atoms with Gasteiger partial charge in [-0.15, -0.1) is 0 Å². The van der Waals surface area contributed by atoms with Crippen LogP contribution in [0.4, 0.5) is 0 Å². The first kappa shape index (κ1) is 12.3. The molecule has 0 radical (unpaired) electrons. The van der Waals surface area contributed by atoms with Gasteiger partial charge in [0.05, 0.1) is 23.0 Å². The van der Waals surface area contributed by atoms with E-state index in [-0.39, 0.29) is 5.91 Å². The summed E-state index contributed by atoms with van der Waals surface area (Å²) in [6, 6.07) is 9.18. The van der Waals surface area contributed by atoms with Gasteiger partial charge in [0.1, 0.15) is 0 Å². The number of aromatic nitrogens is 3. The Morgan fingerprint density at radius 3 is 2.85 bits per heavy atom. The Balaban J connectivity index is 2.27. The van der Waals surface area contributed by atoms with Gasteiger partial charge in [-0.1, -0.05) is 18.2 Å². The summed E-state index contributed by atoms with van der Waals surface area (Å²) in [7, 11) is 1.83. The van der Waals surface area contributed by atoms with Crippen LogP contribution < -0.4 is 11.3 Å². The second-order valence-electron chi connectivity index (χ2n) is 4.45. The summed E-state index contributed by atoms with van der Waals surface area (Å²) in [5.74, 6) is 4.91. The van der Waals surface area contributed by atoms with Crippen LogP contribution in [0.3, 0.4) is 0 Å². The lowest BCUT2D eigenvalue weighted by Crippen LogP contribution is -2.30. The van der Waals surface area contributed by atoms with Crippen molar-refractivity contribution in [1.29, 1.82) is 0 Å². The summed E-state index contributed by atoms with van der Waals surface area (Å²) in [5, 5.41) is 4.89. The van der Waals surface area contributed by atoms with E-state index in [0.29, 0.717) is 11.3 Å². The Morgan fingerprint density at radius 1 is 1.35 bits per heavy atom. The van der Waals surface area contributed by atoms with Crippen LogP contribution in [0.5, 0.6) is 0 Å². The number of nitrogens with two attached hydrogens (primary N) is 1. The summed E-state index contributed by atoms with van der Waals surface area (Å²) >= 11 is 0. The number of benzene rings is 1. The zero-order valence-corrected chi connectivity index (χ0v) is 10.9. The molecule has 3 rings (SSSR count). The second-order valence-corrected chi connectivity index (χ2v) is 4.45. The van der Waals surface area contributed by atoms with E-state index >= 15 is 0 Å². The molecule has 0 spiro atoms. The lowest BCUT2D eigenvalue weighted by molar-refractivity contribution is 0.0955. The van der Waals surface area contributed by atoms with E-state index in [1.54, 1.807) is 16.9 Å². The predicted octanol–water partition coefficient (Wildman–Crippen LogP) is 1.24. The van der Waals surface area contributed by atoms with Gasteiger partial charge in [-0.3, -0.25) is 14.9 Å². The molecule has 1 aromatic carbocycles. The summed E-state index contributed by atoms with van der Waals surface area (Å²) in [5.41, 5.74) is 4.95. The number of nitrogens with one attached hydrogen (secondary N) is 1. The van der Waals surface area contributed by atoms with Crippen LogP contribution in [0.2, 0.25) is 0 Å². The van der Waals surface area contributed by atoms with Crippen molar-refractivity contribution in [2.24, 2.45) is 12.9 Å². The van der Waals surface area contributed by atoms with Gasteiger partial charge < -0.3 is 0 Å². The van der Waals surface area contributed by atoms with E-state index in [1.807, 2.05) is 37.5 Å². The van der Waals surface area contributed by atoms with E-state index < -0.39 is 0 Å². The SMILES string of the molecule is Cn1cc(-c2cc(C(=O)NN)c3ccccc3n2)cn1. The molecule has 0 saturated heterocycles. The average Bonchev–Trinajstić information content (AvgIpc) is 2.92. The van der Waals surface area contributed by atoms with E-state index in [9.17, 15) is 4.79 Å². The van der Waals surface area contributed by atoms with E-state index in [2.05, 4.69) is 15.5 Å². The first-order valence-electron chi connectivity index (χ1n) is 6.09. The van der Waals surface area contributed by atoms with Crippen LogP contribution in [-0.4, -0.2) is 20.7 Å². The molecule has 2 heterocycles. The number of aryl methyl sites for hydroxylation is 1. The number of nitrogens with zero attached hydrogens (tertiary/aromatic N) is 3. The van der Waals surface area contributed by atoms with Crippen LogP contribution >= 0.6 is 0 Å². The molecule has 2 aromatic heterocycles. The molecule has 1 amide bonds. The number of para-hydroxylation sites is 1. The summed E-state index contributed by atoms with van der Waals surface area (Å²) in [4.78, 5) is 16.5. The molecular formula is C14H13N5O. The van der Waals surface area contributed by atoms with Crippen LogP contribution in [0.15, 0.2) is 42.7 Å². The number of hydrogen-bond donors (Lipinski definition) is 2. The minimum atomic E-state index is -0.339. The van der Waals surface area contributed by atoms with Gasteiger partial charge in [-0.2, -0.15) is 5.10 Å². The molecule has 0 atom stereocenters. The fourth-order valence-electron chi connectivity index (χ4n) is 2.14. The third-order valence-corrected chi connectivity index (χ3v) is 3.09. The molecule has 6 nitrogen and oxygen atoms in total. The molecule has 0 fully saturated rings. The minimum Gasteiger partial charge on any atom is -0.290 e. The van der Waals surface area contributed by atoms with Crippen molar-refractivity contribution in [3.63, 3.8) is 0 Å². The van der Waals surface area contributed by atoms with Crippen molar-refractivity contribution in [2.75, 3.05) is 0 Å². The Morgan fingerprint density at radius 2 is 2.15 bits per heavy atom. The topological polar surface area (TPSA) is 85.8 Å². The summed E-state index contributed by atoms with van der Waals surface area (Å²) < 4.78 is 1.69. The van der Waals surface area contributed by atoms with Crippen molar-refractivity contribution in [3.8, 4) is 11.3 Å². The molecule has 20 heavy (non-hydrogen) atoms. The number of rotatable bonds is 2. The quantitative estimate of drug-likeness (QED) is 0.415. The molecule has 0 bridgehead atoms. The van der Waals surface area contributed by atoms with Crippen LogP contribution in [0.1, 0.15) is 10.4 Å². The van der Waals surface area contributed by atoms with Gasteiger partial charge in [0, 0.05) is 24.2 Å². The number of hydrazine groups is 1. The molecule has 3 aromatic rings. The first-order valence-corrected chi connectivity index (χ1v) is 6.09. The van der Waals surface area contributed by atoms with Crippen molar-refractivity contribution in [3.05, 3.63) is 48.3 Å². The number of hydrogen-bond acceptors (Lipinski definition) is 4. The fourth-order valence-corrected chi connectivity index (χ4v) is 2.14. The van der Waals surface area contributed by atoms with Gasteiger partial charge in [0.25, 0.3) is 5.91 Å². The average molecular weight is 267 g/mol. The fraction of sp³-hybridized carbons (Fsp3) is 0.0714. The highest BCUT2D eigenvalue weighted by Gasteiger charge is 2.13. The van der Waals surface area contributed by atoms with Gasteiger partial charge >= 0.3 is 0 Å². The third-order valence-electron chi connectivity index (χ3n) is 3.09. The summed E-state index contributed by atoms with van der Waals surface area (Å²) in [6.07, 6.45) is 3.56. The third kappa shape index (κ3) is 2.02. The standard InChI is InChI=1S/C14H13N5O/c1-19-8-9(7-16-19)13-6-11(14(20)18-15)10-4-2-3-5-12(10)17-13/h2-8H,15H2,1H3,(H,18,20). The van der Waals surface area contributed by atoms with Crippen LogP contribution in [0.25, 0.3) is 22.2 Å². The van der Waals surface area contributed by atoms with E-state index in [0.717, 1.165) is 16.5 Å². The van der Waals surface area contributed by atoms with Crippen molar-refractivity contribution >= 4 is 16.8 Å². The maximum atomic E-state index is 11.9. The number of pyridine rings is 1. The van der Waals surface area contributed by atoms with Crippen molar-refractivity contribution in [2.45, 2.75) is 0 Å². The highest BCUT2D eigenvalue weighted by molar-refractivity contribution is 6.06. The zero-order valence-electron chi connectivity index (χ0n) is 10.9. The molecule has 6 heteroatoms. The second kappa shape index (κ2) is 4.75. The van der Waals surface area contributed by atoms with Crippen LogP contribution in [-0.2, 0) is 7.05 Å². The Hall–Kier alpha value is -2.73. The van der Waals surface area contributed by atoms with Gasteiger partial charge in [-0.05, 0) is 12.1 Å². The molecule has 0 unspecified atom stereocenters. The van der Waals surface area contributed by atoms with Gasteiger partial charge in [0.15, 0.2) is 0 Å². The van der Waals surface area contributed by atoms with Crippen LogP contribution in [0, 0.1) is 0 Å². The monoisotopic (exact) mass is 267 g/mol. The number of carbonyl (C=O) groups excluding carboxylic acids is 1. The predicted molar refractivity (Wildman–Crippen MR) is 75.6 cm³/mol. The minimum absolute atomic E-state index is 0.339. The molecule has 3 N–H and O–H groups in total. The lowest BCUT2D eigenvalue weighted by Gasteiger charge is -2.07. The first-order chi connectivity index (χ1) is 9.69. The maximum Gasteiger partial charge on any atom is 0.265 e.